The van der Waals surface area contributed by atoms with Gasteiger partial charge in [-0.2, -0.15) is 0 Å². The van der Waals surface area contributed by atoms with Crippen LogP contribution < -0.4 is 21.3 Å². The predicted octanol–water partition coefficient (Wildman–Crippen LogP) is 2.67. The van der Waals surface area contributed by atoms with Crippen LogP contribution in [-0.2, 0) is 20.8 Å². The Morgan fingerprint density at radius 2 is 1.63 bits per heavy atom. The van der Waals surface area contributed by atoms with Crippen LogP contribution in [0.1, 0.15) is 50.8 Å². The van der Waals surface area contributed by atoms with Crippen molar-refractivity contribution in [2.24, 2.45) is 5.92 Å². The first-order valence-electron chi connectivity index (χ1n) is 14.5. The number of fused-ring (bicyclic) bond motifs is 1. The summed E-state index contributed by atoms with van der Waals surface area (Å²) in [5, 5.41) is 11.8. The molecule has 220 valence electrons. The lowest BCUT2D eigenvalue weighted by molar-refractivity contribution is -0.147. The van der Waals surface area contributed by atoms with E-state index in [1.165, 1.54) is 10.5 Å². The Kier molecular flexibility index (Phi) is 9.99. The number of rotatable bonds is 8. The summed E-state index contributed by atoms with van der Waals surface area (Å²) in [6.07, 6.45) is 2.71. The van der Waals surface area contributed by atoms with Crippen molar-refractivity contribution in [3.8, 4) is 0 Å². The van der Waals surface area contributed by atoms with Crippen LogP contribution in [0.25, 0.3) is 0 Å². The first kappa shape index (κ1) is 30.0. The molecule has 41 heavy (non-hydrogen) atoms. The fraction of sp³-hybridized carbons (Fsp3) is 0.484. The van der Waals surface area contributed by atoms with Crippen molar-refractivity contribution in [3.05, 3.63) is 65.7 Å². The largest absolute Gasteiger partial charge is 0.347 e. The number of nitrogens with one attached hydrogen (secondary N) is 4. The van der Waals surface area contributed by atoms with E-state index in [1.54, 1.807) is 31.0 Å². The van der Waals surface area contributed by atoms with Gasteiger partial charge in [-0.25, -0.2) is 4.79 Å². The molecule has 1 fully saturated rings. The van der Waals surface area contributed by atoms with E-state index in [0.717, 1.165) is 24.8 Å². The van der Waals surface area contributed by atoms with Crippen LogP contribution in [0.2, 0.25) is 0 Å². The van der Waals surface area contributed by atoms with E-state index in [4.69, 9.17) is 0 Å². The van der Waals surface area contributed by atoms with Crippen molar-refractivity contribution in [1.82, 2.24) is 25.8 Å². The number of carbonyl (C=O) groups excluding carboxylic acids is 4. The standard InChI is InChI=1S/C31H42N6O4/c1-20(2)27(35-28(38)21(3)32-4)30(40)37-18-17-36(31(41)33-23-13-6-5-7-14-23)19-26(37)29(39)34-25-16-10-12-22-11-8-9-15-24(22)25/h5-9,11,13-15,20-21,25-27,32H,10,12,16-19H2,1-4H3,(H,33,41)(H,34,39)(H,35,38)/t21-,25?,26-,27-/m0/s1. The summed E-state index contributed by atoms with van der Waals surface area (Å²) in [6, 6.07) is 14.5. The predicted molar refractivity (Wildman–Crippen MR) is 158 cm³/mol. The monoisotopic (exact) mass is 562 g/mol. The molecule has 1 heterocycles. The van der Waals surface area contributed by atoms with E-state index in [1.807, 2.05) is 50.2 Å². The van der Waals surface area contributed by atoms with Crippen molar-refractivity contribution in [2.75, 3.05) is 32.0 Å². The third-order valence-electron chi connectivity index (χ3n) is 8.02. The molecule has 2 aliphatic rings. The zero-order valence-electron chi connectivity index (χ0n) is 24.4. The molecule has 2 aromatic carbocycles. The van der Waals surface area contributed by atoms with Gasteiger partial charge in [0.15, 0.2) is 0 Å². The highest BCUT2D eigenvalue weighted by molar-refractivity contribution is 5.95. The highest BCUT2D eigenvalue weighted by Crippen LogP contribution is 2.30. The first-order valence-corrected chi connectivity index (χ1v) is 14.5. The van der Waals surface area contributed by atoms with E-state index in [9.17, 15) is 19.2 Å². The van der Waals surface area contributed by atoms with Crippen LogP contribution in [0, 0.1) is 5.92 Å². The number of amides is 5. The maximum atomic E-state index is 14.0. The van der Waals surface area contributed by atoms with Gasteiger partial charge in [-0.3, -0.25) is 14.4 Å². The van der Waals surface area contributed by atoms with Crippen LogP contribution in [0.4, 0.5) is 10.5 Å². The number of aryl methyl sites for hydroxylation is 1. The fourth-order valence-corrected chi connectivity index (χ4v) is 5.45. The third kappa shape index (κ3) is 7.24. The molecule has 0 saturated carbocycles. The minimum atomic E-state index is -0.910. The Hall–Kier alpha value is -3.92. The van der Waals surface area contributed by atoms with Gasteiger partial charge in [0.2, 0.25) is 17.7 Å². The normalized spacial score (nSPS) is 20.0. The van der Waals surface area contributed by atoms with Gasteiger partial charge in [-0.05, 0) is 62.4 Å². The number of hydrogen-bond donors (Lipinski definition) is 4. The van der Waals surface area contributed by atoms with Gasteiger partial charge in [0.1, 0.15) is 12.1 Å². The third-order valence-corrected chi connectivity index (χ3v) is 8.02. The average Bonchev–Trinajstić information content (AvgIpc) is 2.99. The number of para-hydroxylation sites is 1. The topological polar surface area (TPSA) is 123 Å². The summed E-state index contributed by atoms with van der Waals surface area (Å²) in [5.74, 6) is -1.14. The van der Waals surface area contributed by atoms with Gasteiger partial charge in [0, 0.05) is 18.8 Å². The van der Waals surface area contributed by atoms with E-state index >= 15 is 0 Å². The lowest BCUT2D eigenvalue weighted by Crippen LogP contribution is -2.65. The minimum absolute atomic E-state index is 0.0380. The first-order chi connectivity index (χ1) is 19.7. The van der Waals surface area contributed by atoms with Gasteiger partial charge in [-0.1, -0.05) is 56.3 Å². The van der Waals surface area contributed by atoms with Crippen molar-refractivity contribution < 1.29 is 19.2 Å². The van der Waals surface area contributed by atoms with Gasteiger partial charge in [0.05, 0.1) is 18.6 Å². The molecule has 0 spiro atoms. The summed E-state index contributed by atoms with van der Waals surface area (Å²) in [4.78, 5) is 56.9. The number of carbonyl (C=O) groups is 4. The Morgan fingerprint density at radius 3 is 2.34 bits per heavy atom. The average molecular weight is 563 g/mol. The summed E-state index contributed by atoms with van der Waals surface area (Å²) in [5.41, 5.74) is 2.95. The van der Waals surface area contributed by atoms with Gasteiger partial charge in [0.25, 0.3) is 0 Å². The van der Waals surface area contributed by atoms with E-state index in [2.05, 4.69) is 27.3 Å². The molecule has 1 aliphatic carbocycles. The lowest BCUT2D eigenvalue weighted by Gasteiger charge is -2.43. The molecule has 4 N–H and O–H groups in total. The SMILES string of the molecule is CN[C@@H](C)C(=O)N[C@H](C(=O)N1CCN(C(=O)Nc2ccccc2)C[C@H]1C(=O)NC1CCCc2ccccc21)C(C)C. The molecule has 0 radical (unpaired) electrons. The molecular weight excluding hydrogens is 520 g/mol. The van der Waals surface area contributed by atoms with Crippen molar-refractivity contribution in [2.45, 2.75) is 64.2 Å². The van der Waals surface area contributed by atoms with Crippen molar-refractivity contribution >= 4 is 29.4 Å². The zero-order valence-corrected chi connectivity index (χ0v) is 24.4. The lowest BCUT2D eigenvalue weighted by atomic mass is 9.87. The highest BCUT2D eigenvalue weighted by atomic mass is 16.2. The van der Waals surface area contributed by atoms with Gasteiger partial charge < -0.3 is 31.1 Å². The second-order valence-electron chi connectivity index (χ2n) is 11.2. The molecule has 4 atom stereocenters. The molecule has 1 unspecified atom stereocenters. The van der Waals surface area contributed by atoms with Crippen molar-refractivity contribution in [1.29, 1.82) is 0 Å². The van der Waals surface area contributed by atoms with E-state index in [-0.39, 0.29) is 55.3 Å². The van der Waals surface area contributed by atoms with Crippen LogP contribution in [-0.4, -0.2) is 78.4 Å². The van der Waals surface area contributed by atoms with E-state index < -0.39 is 18.1 Å². The number of nitrogens with zero attached hydrogens (tertiary/aromatic N) is 2. The quantitative estimate of drug-likeness (QED) is 0.394. The van der Waals surface area contributed by atoms with Crippen LogP contribution in [0.3, 0.4) is 0 Å². The Balaban J connectivity index is 1.57. The molecule has 10 nitrogen and oxygen atoms in total. The molecule has 2 aromatic rings. The maximum Gasteiger partial charge on any atom is 0.321 e. The molecule has 0 bridgehead atoms. The Labute approximate surface area is 242 Å². The molecule has 5 amide bonds. The smallest absolute Gasteiger partial charge is 0.321 e. The maximum absolute atomic E-state index is 14.0. The van der Waals surface area contributed by atoms with Gasteiger partial charge >= 0.3 is 6.03 Å². The second-order valence-corrected chi connectivity index (χ2v) is 11.2. The summed E-state index contributed by atoms with van der Waals surface area (Å²) >= 11 is 0. The number of hydrogen-bond acceptors (Lipinski definition) is 5. The zero-order chi connectivity index (χ0) is 29.5. The van der Waals surface area contributed by atoms with E-state index in [0.29, 0.717) is 5.69 Å². The number of urea groups is 1. The summed E-state index contributed by atoms with van der Waals surface area (Å²) < 4.78 is 0. The van der Waals surface area contributed by atoms with Gasteiger partial charge in [-0.15, -0.1) is 0 Å². The molecule has 1 aliphatic heterocycles. The van der Waals surface area contributed by atoms with Crippen LogP contribution >= 0.6 is 0 Å². The summed E-state index contributed by atoms with van der Waals surface area (Å²) in [6.45, 7) is 5.91. The molecular formula is C31H42N6O4. The van der Waals surface area contributed by atoms with Crippen molar-refractivity contribution in [3.63, 3.8) is 0 Å². The fourth-order valence-electron chi connectivity index (χ4n) is 5.45. The molecule has 0 aromatic heterocycles. The van der Waals surface area contributed by atoms with Crippen LogP contribution in [0.15, 0.2) is 54.6 Å². The molecule has 4 rings (SSSR count). The second kappa shape index (κ2) is 13.6. The number of anilines is 1. The number of likely N-dealkylation sites (N-methyl/N-ethyl adjacent to an activating group) is 1. The minimum Gasteiger partial charge on any atom is -0.347 e. The Morgan fingerprint density at radius 1 is 0.927 bits per heavy atom. The highest BCUT2D eigenvalue weighted by Gasteiger charge is 2.41. The number of benzene rings is 2. The summed E-state index contributed by atoms with van der Waals surface area (Å²) in [7, 11) is 1.68. The number of piperazine rings is 1. The Bertz CT molecular complexity index is 1240. The van der Waals surface area contributed by atoms with Crippen LogP contribution in [0.5, 0.6) is 0 Å². The molecule has 1 saturated heterocycles. The molecule has 10 heteroatoms.